The molecule has 5 heterocycles. The summed E-state index contributed by atoms with van der Waals surface area (Å²) in [5.41, 5.74) is 11.4. The summed E-state index contributed by atoms with van der Waals surface area (Å²) in [5.74, 6) is -0.714. The van der Waals surface area contributed by atoms with E-state index in [0.29, 0.717) is 0 Å². The van der Waals surface area contributed by atoms with E-state index in [1.807, 2.05) is 0 Å². The third-order valence-electron chi connectivity index (χ3n) is 6.75. The predicted octanol–water partition coefficient (Wildman–Crippen LogP) is -3.02. The lowest BCUT2D eigenvalue weighted by molar-refractivity contribution is -0.765. The molecule has 3 aromatic rings. The Labute approximate surface area is 246 Å². The van der Waals surface area contributed by atoms with Gasteiger partial charge < -0.3 is 51.2 Å². The molecule has 10 atom stereocenters. The van der Waals surface area contributed by atoms with E-state index in [1.165, 1.54) is 40.0 Å². The van der Waals surface area contributed by atoms with E-state index in [0.717, 1.165) is 6.33 Å². The number of pyridine rings is 1. The number of aromatic nitrogens is 5. The van der Waals surface area contributed by atoms with Crippen LogP contribution < -0.4 is 16.0 Å². The van der Waals surface area contributed by atoms with Crippen LogP contribution in [0.25, 0.3) is 11.2 Å². The van der Waals surface area contributed by atoms with E-state index >= 15 is 0 Å². The Bertz CT molecular complexity index is 1630. The first-order valence-electron chi connectivity index (χ1n) is 12.6. The molecule has 5 rings (SSSR count). The van der Waals surface area contributed by atoms with Gasteiger partial charge in [-0.05, 0) is 6.07 Å². The molecule has 0 bridgehead atoms. The van der Waals surface area contributed by atoms with E-state index in [1.54, 1.807) is 0 Å². The number of ether oxygens (including phenoxy) is 2. The summed E-state index contributed by atoms with van der Waals surface area (Å²) < 4.78 is 52.0. The number of carbonyl (C=O) groups excluding carboxylic acids is 1. The number of nitrogens with two attached hydrogens (primary N) is 2. The highest BCUT2D eigenvalue weighted by atomic mass is 31.3. The van der Waals surface area contributed by atoms with Crippen molar-refractivity contribution < 1.29 is 71.5 Å². The maximum atomic E-state index is 12.4. The molecule has 2 aliphatic rings. The van der Waals surface area contributed by atoms with Gasteiger partial charge in [0.25, 0.3) is 12.1 Å². The molecule has 21 nitrogen and oxygen atoms in total. The Kier molecular flexibility index (Phi) is 9.13. The molecule has 0 aromatic carbocycles. The number of phosphoric acid groups is 2. The van der Waals surface area contributed by atoms with Crippen molar-refractivity contribution in [3.8, 4) is 0 Å². The quantitative estimate of drug-likeness (QED) is 0.0747. The fourth-order valence-electron chi connectivity index (χ4n) is 4.58. The number of hydrogen-bond acceptors (Lipinski definition) is 16. The lowest BCUT2D eigenvalue weighted by Gasteiger charge is -2.20. The highest BCUT2D eigenvalue weighted by Gasteiger charge is 2.50. The first-order valence-corrected chi connectivity index (χ1v) is 15.6. The van der Waals surface area contributed by atoms with Crippen LogP contribution in [0.2, 0.25) is 0 Å². The monoisotopic (exact) mass is 664 g/mol. The van der Waals surface area contributed by atoms with Crippen molar-refractivity contribution >= 4 is 38.5 Å². The lowest BCUT2D eigenvalue weighted by Crippen LogP contribution is -2.46. The van der Waals surface area contributed by atoms with Crippen molar-refractivity contribution in [1.82, 2.24) is 19.5 Å². The van der Waals surface area contributed by atoms with E-state index < -0.39 is 83.8 Å². The van der Waals surface area contributed by atoms with Crippen LogP contribution >= 0.6 is 15.6 Å². The number of fused-ring (bicyclic) bond motifs is 1. The molecule has 2 aliphatic heterocycles. The molecule has 0 saturated carbocycles. The maximum Gasteiger partial charge on any atom is 0.481 e. The molecule has 0 radical (unpaired) electrons. The molecule has 240 valence electrons. The number of imidazole rings is 1. The summed E-state index contributed by atoms with van der Waals surface area (Å²) >= 11 is 0. The second-order valence-corrected chi connectivity index (χ2v) is 12.7. The summed E-state index contributed by atoms with van der Waals surface area (Å²) in [6.45, 7) is -1.80. The van der Waals surface area contributed by atoms with E-state index in [2.05, 4.69) is 23.8 Å². The third-order valence-corrected chi connectivity index (χ3v) is 9.35. The van der Waals surface area contributed by atoms with Crippen molar-refractivity contribution in [3.63, 3.8) is 0 Å². The topological polar surface area (TPSA) is 318 Å². The number of phosphoric ester groups is 2. The van der Waals surface area contributed by atoms with Crippen molar-refractivity contribution in [2.45, 2.75) is 49.1 Å². The Morgan fingerprint density at radius 2 is 1.61 bits per heavy atom. The highest BCUT2D eigenvalue weighted by molar-refractivity contribution is 7.61. The zero-order chi connectivity index (χ0) is 32.0. The SMILES string of the molecule is NC(=O)c1ccc[n+]([C@@H]2O[C@H](COP(=O)(O)OP(=O)(O)OC[C@H]3O[C@@H](n4cnc5c(N)ncnc54)[C@@H](O)[C@@H]3O)[C@H](O)[C@@H]2O)c1. The number of rotatable bonds is 11. The Morgan fingerprint density at radius 1 is 0.977 bits per heavy atom. The standard InChI is InChI=1S/C21H27N7O14P2/c22-17-12-19(25-7-24-17)28(8-26-12)21-16(32)14(30)11(41-21)6-39-44(36,37)42-43(34,35)38-5-10-13(29)15(31)20(40-10)27-3-1-2-9(4-27)18(23)33/h1-4,7-8,10-11,13-16,20-21,29-32H,5-6H2,(H5-,22,23,24,25,33,34,35,36,37)/p+1/t10-,11-,13+,14-,15+,16+,20-,21-/m1/s1. The first-order chi connectivity index (χ1) is 20.7. The average molecular weight is 664 g/mol. The number of hydrogen-bond donors (Lipinski definition) is 8. The highest BCUT2D eigenvalue weighted by Crippen LogP contribution is 2.60. The van der Waals surface area contributed by atoms with Gasteiger partial charge in [-0.25, -0.2) is 24.1 Å². The van der Waals surface area contributed by atoms with Crippen LogP contribution in [0.4, 0.5) is 5.82 Å². The molecule has 10 N–H and O–H groups in total. The number of aliphatic hydroxyl groups is 4. The van der Waals surface area contributed by atoms with Gasteiger partial charge in [0.1, 0.15) is 47.9 Å². The normalized spacial score (nSPS) is 31.6. The van der Waals surface area contributed by atoms with Gasteiger partial charge in [-0.1, -0.05) is 0 Å². The Morgan fingerprint density at radius 3 is 2.27 bits per heavy atom. The van der Waals surface area contributed by atoms with Gasteiger partial charge in [0.2, 0.25) is 0 Å². The summed E-state index contributed by atoms with van der Waals surface area (Å²) in [7, 11) is -10.7. The van der Waals surface area contributed by atoms with Gasteiger partial charge in [0, 0.05) is 6.07 Å². The van der Waals surface area contributed by atoms with Gasteiger partial charge in [-0.15, -0.1) is 0 Å². The number of amides is 1. The Hall–Kier alpha value is -3.01. The van der Waals surface area contributed by atoms with Crippen LogP contribution in [0.5, 0.6) is 0 Å². The van der Waals surface area contributed by atoms with Gasteiger partial charge in [-0.3, -0.25) is 18.4 Å². The van der Waals surface area contributed by atoms with Crippen LogP contribution in [-0.2, 0) is 32.0 Å². The van der Waals surface area contributed by atoms with E-state index in [4.69, 9.17) is 25.5 Å². The zero-order valence-corrected chi connectivity index (χ0v) is 24.0. The number of anilines is 1. The minimum absolute atomic E-state index is 0.0505. The first kappa shape index (κ1) is 32.4. The number of aliphatic hydroxyl groups excluding tert-OH is 4. The molecular formula is C21H28N7O14P2+. The molecule has 2 fully saturated rings. The summed E-state index contributed by atoms with van der Waals surface area (Å²) in [6.07, 6.45) is -6.85. The molecule has 0 aliphatic carbocycles. The molecule has 3 aromatic heterocycles. The summed E-state index contributed by atoms with van der Waals surface area (Å²) in [5, 5.41) is 41.6. The van der Waals surface area contributed by atoms with Crippen molar-refractivity contribution in [2.75, 3.05) is 18.9 Å². The third kappa shape index (κ3) is 6.65. The molecular weight excluding hydrogens is 636 g/mol. The van der Waals surface area contributed by atoms with Crippen LogP contribution in [0.1, 0.15) is 22.8 Å². The fraction of sp³-hybridized carbons (Fsp3) is 0.476. The minimum Gasteiger partial charge on any atom is -0.387 e. The smallest absolute Gasteiger partial charge is 0.387 e. The van der Waals surface area contributed by atoms with Gasteiger partial charge in [0.05, 0.1) is 19.5 Å². The van der Waals surface area contributed by atoms with Crippen molar-refractivity contribution in [2.24, 2.45) is 5.73 Å². The van der Waals surface area contributed by atoms with Gasteiger partial charge in [-0.2, -0.15) is 8.88 Å². The summed E-state index contributed by atoms with van der Waals surface area (Å²) in [6, 6.07) is 2.83. The predicted molar refractivity (Wildman–Crippen MR) is 139 cm³/mol. The fourth-order valence-corrected chi connectivity index (χ4v) is 6.67. The van der Waals surface area contributed by atoms with Gasteiger partial charge in [0.15, 0.2) is 36.2 Å². The van der Waals surface area contributed by atoms with Gasteiger partial charge >= 0.3 is 15.6 Å². The molecule has 2 unspecified atom stereocenters. The van der Waals surface area contributed by atoms with Crippen molar-refractivity contribution in [3.05, 3.63) is 42.7 Å². The number of carbonyl (C=O) groups is 1. The molecule has 0 spiro atoms. The number of nitrogen functional groups attached to an aromatic ring is 1. The lowest BCUT2D eigenvalue weighted by atomic mass is 10.1. The largest absolute Gasteiger partial charge is 0.481 e. The average Bonchev–Trinajstić information content (AvgIpc) is 3.61. The van der Waals surface area contributed by atoms with Crippen molar-refractivity contribution in [1.29, 1.82) is 0 Å². The van der Waals surface area contributed by atoms with Crippen LogP contribution in [0.3, 0.4) is 0 Å². The number of nitrogens with zero attached hydrogens (tertiary/aromatic N) is 5. The minimum atomic E-state index is -5.37. The summed E-state index contributed by atoms with van der Waals surface area (Å²) in [4.78, 5) is 43.3. The zero-order valence-electron chi connectivity index (χ0n) is 22.2. The molecule has 44 heavy (non-hydrogen) atoms. The Balaban J connectivity index is 1.16. The van der Waals surface area contributed by atoms with Crippen LogP contribution in [-0.4, -0.2) is 105 Å². The maximum absolute atomic E-state index is 12.4. The molecule has 2 saturated heterocycles. The van der Waals surface area contributed by atoms with Crippen LogP contribution in [0.15, 0.2) is 37.2 Å². The van der Waals surface area contributed by atoms with E-state index in [-0.39, 0.29) is 22.5 Å². The second kappa shape index (κ2) is 12.4. The van der Waals surface area contributed by atoms with Crippen LogP contribution in [0, 0.1) is 0 Å². The number of primary amides is 1. The van der Waals surface area contributed by atoms with E-state index in [9.17, 15) is 44.1 Å². The second-order valence-electron chi connectivity index (χ2n) is 9.69. The molecule has 23 heteroatoms. The molecule has 1 amide bonds.